The van der Waals surface area contributed by atoms with E-state index < -0.39 is 30.2 Å². The largest absolute Gasteiger partial charge is 0.573 e. The predicted octanol–water partition coefficient (Wildman–Crippen LogP) is 9.42. The van der Waals surface area contributed by atoms with Crippen LogP contribution in [0.25, 0.3) is 11.1 Å². The number of carboxylic acid groups (broad SMARTS) is 2. The molecule has 0 heterocycles. The van der Waals surface area contributed by atoms with Gasteiger partial charge in [-0.05, 0) is 71.6 Å². The lowest BCUT2D eigenvalue weighted by Gasteiger charge is -2.17. The zero-order valence-electron chi connectivity index (χ0n) is 27.4. The fourth-order valence-electron chi connectivity index (χ4n) is 4.73. The summed E-state index contributed by atoms with van der Waals surface area (Å²) in [5, 5.41) is 30.4. The molecule has 0 saturated carbocycles. The molecule has 0 aliphatic carbocycles. The van der Waals surface area contributed by atoms with E-state index in [0.717, 1.165) is 32.1 Å². The van der Waals surface area contributed by atoms with Crippen LogP contribution in [-0.4, -0.2) is 52.2 Å². The summed E-state index contributed by atoms with van der Waals surface area (Å²) in [4.78, 5) is 35.4. The van der Waals surface area contributed by atoms with Gasteiger partial charge in [-0.1, -0.05) is 92.2 Å². The molecule has 4 aromatic carbocycles. The summed E-state index contributed by atoms with van der Waals surface area (Å²) in [5.41, 5.74) is 1.98. The van der Waals surface area contributed by atoms with Gasteiger partial charge in [-0.15, -0.1) is 13.2 Å². The highest BCUT2D eigenvalue weighted by molar-refractivity contribution is 6.31. The molecule has 51 heavy (non-hydrogen) atoms. The van der Waals surface area contributed by atoms with E-state index in [-0.39, 0.29) is 29.0 Å². The molecule has 4 N–H and O–H groups in total. The molecule has 0 aromatic heterocycles. The number of benzene rings is 4. The minimum atomic E-state index is -4.77. The number of nitrogens with one attached hydrogen (secondary N) is 1. The van der Waals surface area contributed by atoms with Gasteiger partial charge in [0.1, 0.15) is 28.9 Å². The molecule has 0 saturated heterocycles. The first-order valence-electron chi connectivity index (χ1n) is 15.8. The molecule has 9 nitrogen and oxygen atoms in total. The number of carboxylic acids is 2. The van der Waals surface area contributed by atoms with Gasteiger partial charge in [0.15, 0.2) is 0 Å². The number of hydrogen-bond acceptors (Lipinski definition) is 6. The Balaban J connectivity index is 0.000000542. The maximum absolute atomic E-state index is 13.1. The summed E-state index contributed by atoms with van der Waals surface area (Å²) in [5.74, 6) is -3.29. The lowest BCUT2D eigenvalue weighted by Crippen LogP contribution is -2.42. The first-order valence-corrected chi connectivity index (χ1v) is 16.6. The molecule has 0 bridgehead atoms. The second kappa shape index (κ2) is 19.5. The smallest absolute Gasteiger partial charge is 0.507 e. The molecule has 0 aliphatic rings. The maximum Gasteiger partial charge on any atom is 0.573 e. The third kappa shape index (κ3) is 13.7. The van der Waals surface area contributed by atoms with E-state index in [1.807, 2.05) is 0 Å². The molecule has 0 aliphatic heterocycles. The van der Waals surface area contributed by atoms with Crippen LogP contribution in [0.1, 0.15) is 65.3 Å². The number of hydrogen-bond donors (Lipinski definition) is 4. The van der Waals surface area contributed by atoms with E-state index in [1.54, 1.807) is 36.4 Å². The Hall–Kier alpha value is -4.94. The van der Waals surface area contributed by atoms with Gasteiger partial charge in [-0.2, -0.15) is 0 Å². The van der Waals surface area contributed by atoms with Gasteiger partial charge in [0.05, 0.1) is 12.2 Å². The molecule has 0 radical (unpaired) electrons. The van der Waals surface area contributed by atoms with Crippen molar-refractivity contribution in [1.82, 2.24) is 5.32 Å². The van der Waals surface area contributed by atoms with Gasteiger partial charge < -0.3 is 30.1 Å². The quantitative estimate of drug-likeness (QED) is 0.0881. The van der Waals surface area contributed by atoms with Crippen LogP contribution in [0.3, 0.4) is 0 Å². The summed E-state index contributed by atoms with van der Waals surface area (Å²) >= 11 is 11.6. The van der Waals surface area contributed by atoms with Crippen molar-refractivity contribution in [3.05, 3.63) is 112 Å². The van der Waals surface area contributed by atoms with Crippen LogP contribution in [0.4, 0.5) is 13.2 Å². The van der Waals surface area contributed by atoms with Crippen molar-refractivity contribution in [2.75, 3.05) is 6.61 Å². The number of ether oxygens (including phenoxy) is 2. The predicted molar refractivity (Wildman–Crippen MR) is 187 cm³/mol. The number of aromatic hydroxyl groups is 1. The Morgan fingerprint density at radius 3 is 1.90 bits per heavy atom. The summed E-state index contributed by atoms with van der Waals surface area (Å²) in [6.07, 6.45) is 0.487. The molecule has 1 atom stereocenters. The molecular weight excluding hydrogens is 714 g/mol. The molecule has 4 aromatic rings. The summed E-state index contributed by atoms with van der Waals surface area (Å²) in [6, 6.07) is 19.5. The number of alkyl halides is 3. The summed E-state index contributed by atoms with van der Waals surface area (Å²) in [6.45, 7) is 2.57. The van der Waals surface area contributed by atoms with Gasteiger partial charge in [-0.25, -0.2) is 9.59 Å². The van der Waals surface area contributed by atoms with E-state index in [2.05, 4.69) is 17.0 Å². The van der Waals surface area contributed by atoms with E-state index in [0.29, 0.717) is 39.1 Å². The van der Waals surface area contributed by atoms with Crippen molar-refractivity contribution in [2.45, 2.75) is 57.9 Å². The number of amides is 1. The Kier molecular flexibility index (Phi) is 15.4. The number of carbonyl (C=O) groups is 3. The molecule has 14 heteroatoms. The third-order valence-corrected chi connectivity index (χ3v) is 7.77. The second-order valence-corrected chi connectivity index (χ2v) is 12.1. The Morgan fingerprint density at radius 2 is 1.35 bits per heavy atom. The molecule has 1 unspecified atom stereocenters. The summed E-state index contributed by atoms with van der Waals surface area (Å²) in [7, 11) is 0. The zero-order chi connectivity index (χ0) is 37.6. The van der Waals surface area contributed by atoms with E-state index >= 15 is 0 Å². The monoisotopic (exact) mass is 749 g/mol. The van der Waals surface area contributed by atoms with Gasteiger partial charge in [0.2, 0.25) is 0 Å². The van der Waals surface area contributed by atoms with Crippen LogP contribution < -0.4 is 14.8 Å². The Bertz CT molecular complexity index is 1770. The normalized spacial score (nSPS) is 11.5. The van der Waals surface area contributed by atoms with Crippen molar-refractivity contribution < 1.29 is 52.3 Å². The minimum absolute atomic E-state index is 0.00784. The molecule has 1 amide bonds. The van der Waals surface area contributed by atoms with Crippen LogP contribution >= 0.6 is 23.2 Å². The topological polar surface area (TPSA) is 142 Å². The first kappa shape index (κ1) is 40.5. The second-order valence-electron chi connectivity index (χ2n) is 11.2. The molecule has 0 fully saturated rings. The maximum atomic E-state index is 13.1. The number of rotatable bonds is 15. The fraction of sp³-hybridized carbons (Fsp3) is 0.270. The van der Waals surface area contributed by atoms with Crippen LogP contribution in [0.2, 0.25) is 10.0 Å². The lowest BCUT2D eigenvalue weighted by atomic mass is 10.0. The highest BCUT2D eigenvalue weighted by Crippen LogP contribution is 2.28. The van der Waals surface area contributed by atoms with Crippen LogP contribution in [-0.2, 0) is 11.2 Å². The fourth-order valence-corrected chi connectivity index (χ4v) is 5.07. The molecule has 0 spiro atoms. The van der Waals surface area contributed by atoms with Crippen LogP contribution in [0.15, 0.2) is 84.9 Å². The average molecular weight is 751 g/mol. The number of phenols is 1. The SMILES string of the molecule is CCCCCCCOc1ccc(Cl)cc1C(=O)NC(Cc1ccc(-c2ccc(OC(F)(F)F)cc2)cc1)C(=O)O.O=C(O)c1cc(Cl)ccc1O. The van der Waals surface area contributed by atoms with Crippen molar-refractivity contribution in [3.8, 4) is 28.4 Å². The van der Waals surface area contributed by atoms with Gasteiger partial charge in [0, 0.05) is 16.5 Å². The summed E-state index contributed by atoms with van der Waals surface area (Å²) < 4.78 is 46.8. The Morgan fingerprint density at radius 1 is 0.784 bits per heavy atom. The molecular formula is C37H36Cl2F3NO8. The van der Waals surface area contributed by atoms with E-state index in [1.165, 1.54) is 48.5 Å². The van der Waals surface area contributed by atoms with Crippen LogP contribution in [0, 0.1) is 0 Å². The highest BCUT2D eigenvalue weighted by atomic mass is 35.5. The Labute approximate surface area is 302 Å². The number of aliphatic carboxylic acids is 1. The van der Waals surface area contributed by atoms with Gasteiger partial charge in [0.25, 0.3) is 5.91 Å². The number of aromatic carboxylic acids is 1. The number of halogens is 5. The number of carbonyl (C=O) groups excluding carboxylic acids is 1. The number of unbranched alkanes of at least 4 members (excludes halogenated alkanes) is 4. The van der Waals surface area contributed by atoms with E-state index in [4.69, 9.17) is 38.2 Å². The lowest BCUT2D eigenvalue weighted by molar-refractivity contribution is -0.274. The van der Waals surface area contributed by atoms with Gasteiger partial charge >= 0.3 is 18.3 Å². The first-order chi connectivity index (χ1) is 24.2. The van der Waals surface area contributed by atoms with Gasteiger partial charge in [-0.3, -0.25) is 4.79 Å². The van der Waals surface area contributed by atoms with Crippen molar-refractivity contribution in [2.24, 2.45) is 0 Å². The zero-order valence-corrected chi connectivity index (χ0v) is 28.9. The standard InChI is InChI=1S/C30H31ClF3NO5.C7H5ClO3/c1-2-3-4-5-6-17-39-27-16-13-23(31)19-25(27)28(36)35-26(29(37)38)18-20-7-9-21(10-8-20)22-11-14-24(15-12-22)40-30(32,33)34;8-4-1-2-6(9)5(3-4)7(10)11/h7-16,19,26H,2-6,17-18H2,1H3,(H,35,36)(H,37,38);1-3,9H,(H,10,11). The van der Waals surface area contributed by atoms with E-state index in [9.17, 15) is 32.7 Å². The van der Waals surface area contributed by atoms with Crippen molar-refractivity contribution >= 4 is 41.0 Å². The van der Waals surface area contributed by atoms with Crippen molar-refractivity contribution in [3.63, 3.8) is 0 Å². The van der Waals surface area contributed by atoms with Crippen molar-refractivity contribution in [1.29, 1.82) is 0 Å². The molecule has 272 valence electrons. The molecule has 4 rings (SSSR count). The highest BCUT2D eigenvalue weighted by Gasteiger charge is 2.31. The third-order valence-electron chi connectivity index (χ3n) is 7.30. The van der Waals surface area contributed by atoms with Crippen LogP contribution in [0.5, 0.6) is 17.2 Å². The average Bonchev–Trinajstić information content (AvgIpc) is 3.07. The minimum Gasteiger partial charge on any atom is -0.507 e.